The summed E-state index contributed by atoms with van der Waals surface area (Å²) in [7, 11) is 0. The monoisotopic (exact) mass is 461 g/mol. The van der Waals surface area contributed by atoms with Crippen LogP contribution in [-0.4, -0.2) is 28.3 Å². The van der Waals surface area contributed by atoms with Crippen LogP contribution < -0.4 is 10.1 Å². The van der Waals surface area contributed by atoms with Crippen LogP contribution in [0.5, 0.6) is 5.75 Å². The van der Waals surface area contributed by atoms with E-state index in [2.05, 4.69) is 10.4 Å². The molecule has 0 spiro atoms. The van der Waals surface area contributed by atoms with E-state index in [9.17, 15) is 18.4 Å². The number of esters is 1. The maximum atomic E-state index is 13.7. The van der Waals surface area contributed by atoms with Gasteiger partial charge in [0, 0.05) is 17.1 Å². The molecule has 7 nitrogen and oxygen atoms in total. The summed E-state index contributed by atoms with van der Waals surface area (Å²) in [6.07, 6.45) is 5.18. The predicted octanol–water partition coefficient (Wildman–Crippen LogP) is 4.57. The topological polar surface area (TPSA) is 82.5 Å². The van der Waals surface area contributed by atoms with E-state index in [1.807, 2.05) is 0 Å². The van der Waals surface area contributed by atoms with Crippen LogP contribution >= 0.6 is 11.3 Å². The van der Waals surface area contributed by atoms with Crippen molar-refractivity contribution >= 4 is 28.2 Å². The van der Waals surface area contributed by atoms with Crippen LogP contribution in [0.2, 0.25) is 0 Å². The maximum Gasteiger partial charge on any atom is 0.341 e. The molecule has 1 amide bonds. The van der Waals surface area contributed by atoms with E-state index in [0.29, 0.717) is 10.6 Å². The van der Waals surface area contributed by atoms with Crippen LogP contribution in [0.15, 0.2) is 30.5 Å². The Hall–Kier alpha value is -3.27. The lowest BCUT2D eigenvalue weighted by Gasteiger charge is -2.12. The number of carbonyl (C=O) groups excluding carboxylic acids is 2. The van der Waals surface area contributed by atoms with Crippen molar-refractivity contribution in [3.63, 3.8) is 0 Å². The molecular weight excluding hydrogens is 440 g/mol. The number of aryl methyl sites for hydroxylation is 1. The number of hydrogen-bond donors (Lipinski definition) is 1. The average Bonchev–Trinajstić information content (AvgIpc) is 3.37. The highest BCUT2D eigenvalue weighted by molar-refractivity contribution is 7.17. The molecule has 0 fully saturated rings. The first-order valence-electron chi connectivity index (χ1n) is 10.2. The molecule has 4 rings (SSSR count). The van der Waals surface area contributed by atoms with Gasteiger partial charge in [0.1, 0.15) is 10.8 Å². The number of benzene rings is 1. The number of rotatable bonds is 7. The van der Waals surface area contributed by atoms with Crippen LogP contribution in [0, 0.1) is 11.6 Å². The van der Waals surface area contributed by atoms with Gasteiger partial charge in [-0.2, -0.15) is 5.10 Å². The fraction of sp³-hybridized carbons (Fsp3) is 0.318. The first kappa shape index (κ1) is 21.9. The number of nitrogens with one attached hydrogen (secondary N) is 1. The van der Waals surface area contributed by atoms with Gasteiger partial charge in [-0.15, -0.1) is 11.3 Å². The van der Waals surface area contributed by atoms with Crippen LogP contribution in [0.4, 0.5) is 13.8 Å². The van der Waals surface area contributed by atoms with Crippen molar-refractivity contribution in [2.45, 2.75) is 39.3 Å². The van der Waals surface area contributed by atoms with Gasteiger partial charge in [-0.3, -0.25) is 4.79 Å². The molecule has 10 heteroatoms. The number of hydrogen-bond acceptors (Lipinski definition) is 6. The largest absolute Gasteiger partial charge is 0.468 e. The predicted molar refractivity (Wildman–Crippen MR) is 114 cm³/mol. The van der Waals surface area contributed by atoms with Crippen molar-refractivity contribution in [3.8, 4) is 5.75 Å². The summed E-state index contributed by atoms with van der Waals surface area (Å²) in [4.78, 5) is 26.4. The standard InChI is InChI=1S/C22H21F2N3O4S/c1-2-30-22(29)19-14-5-3-4-6-18(14)32-21(19)25-20(28)16-9-10-27(26-16)12-31-17-8-7-13(23)11-15(17)24/h7-11H,2-6,12H2,1H3,(H,25,28). The third-order valence-electron chi connectivity index (χ3n) is 5.00. The number of thiophene rings is 1. The fourth-order valence-electron chi connectivity index (χ4n) is 3.52. The minimum atomic E-state index is -0.830. The Morgan fingerprint density at radius 1 is 1.22 bits per heavy atom. The lowest BCUT2D eigenvalue weighted by atomic mass is 9.95. The zero-order valence-electron chi connectivity index (χ0n) is 17.3. The zero-order chi connectivity index (χ0) is 22.7. The number of fused-ring (bicyclic) bond motifs is 1. The molecule has 2 aromatic heterocycles. The smallest absolute Gasteiger partial charge is 0.341 e. The van der Waals surface area contributed by atoms with E-state index in [1.54, 1.807) is 6.92 Å². The van der Waals surface area contributed by atoms with E-state index in [0.717, 1.165) is 48.3 Å². The summed E-state index contributed by atoms with van der Waals surface area (Å²) in [5, 5.41) is 7.38. The zero-order valence-corrected chi connectivity index (χ0v) is 18.1. The molecular formula is C22H21F2N3O4S. The van der Waals surface area contributed by atoms with Gasteiger partial charge in [0.15, 0.2) is 24.0 Å². The molecule has 3 aromatic rings. The number of anilines is 1. The van der Waals surface area contributed by atoms with Crippen molar-refractivity contribution in [2.24, 2.45) is 0 Å². The molecule has 1 aliphatic rings. The normalized spacial score (nSPS) is 12.8. The molecule has 1 aliphatic carbocycles. The van der Waals surface area contributed by atoms with Crippen molar-refractivity contribution in [1.29, 1.82) is 0 Å². The molecule has 32 heavy (non-hydrogen) atoms. The summed E-state index contributed by atoms with van der Waals surface area (Å²) in [5.41, 5.74) is 1.49. The third kappa shape index (κ3) is 4.64. The van der Waals surface area contributed by atoms with Crippen molar-refractivity contribution in [2.75, 3.05) is 11.9 Å². The number of ether oxygens (including phenoxy) is 2. The average molecular weight is 461 g/mol. The highest BCUT2D eigenvalue weighted by Crippen LogP contribution is 2.38. The van der Waals surface area contributed by atoms with Crippen LogP contribution in [-0.2, 0) is 24.3 Å². The molecule has 1 N–H and O–H groups in total. The van der Waals surface area contributed by atoms with Crippen molar-refractivity contribution in [3.05, 3.63) is 63.8 Å². The Balaban J connectivity index is 1.47. The SMILES string of the molecule is CCOC(=O)c1c(NC(=O)c2ccn(COc3ccc(F)cc3F)n2)sc2c1CCCC2. The van der Waals surface area contributed by atoms with E-state index >= 15 is 0 Å². The molecule has 0 atom stereocenters. The number of halogens is 2. The lowest BCUT2D eigenvalue weighted by molar-refractivity contribution is 0.0526. The fourth-order valence-corrected chi connectivity index (χ4v) is 4.80. The Morgan fingerprint density at radius 3 is 2.81 bits per heavy atom. The van der Waals surface area contributed by atoms with Crippen LogP contribution in [0.3, 0.4) is 0 Å². The molecule has 0 saturated heterocycles. The summed E-state index contributed by atoms with van der Waals surface area (Å²) >= 11 is 1.39. The molecule has 168 valence electrons. The number of aromatic nitrogens is 2. The first-order chi connectivity index (χ1) is 15.5. The van der Waals surface area contributed by atoms with Crippen LogP contribution in [0.25, 0.3) is 0 Å². The van der Waals surface area contributed by atoms with Gasteiger partial charge in [-0.05, 0) is 56.4 Å². The van der Waals surface area contributed by atoms with Gasteiger partial charge in [0.25, 0.3) is 5.91 Å². The van der Waals surface area contributed by atoms with Crippen LogP contribution in [0.1, 0.15) is 51.1 Å². The molecule has 2 heterocycles. The highest BCUT2D eigenvalue weighted by Gasteiger charge is 2.27. The summed E-state index contributed by atoms with van der Waals surface area (Å²) in [6, 6.07) is 4.47. The van der Waals surface area contributed by atoms with Crippen molar-refractivity contribution in [1.82, 2.24) is 9.78 Å². The molecule has 0 radical (unpaired) electrons. The molecule has 1 aromatic carbocycles. The molecule has 0 unspecified atom stereocenters. The second-order valence-corrected chi connectivity index (χ2v) is 8.28. The van der Waals surface area contributed by atoms with E-state index in [1.165, 1.54) is 34.3 Å². The molecule has 0 saturated carbocycles. The van der Waals surface area contributed by atoms with Crippen molar-refractivity contribution < 1.29 is 27.8 Å². The van der Waals surface area contributed by atoms with Gasteiger partial charge in [0.2, 0.25) is 0 Å². The summed E-state index contributed by atoms with van der Waals surface area (Å²) in [6.45, 7) is 1.81. The Morgan fingerprint density at radius 2 is 2.03 bits per heavy atom. The Labute approximate surface area is 187 Å². The quantitative estimate of drug-likeness (QED) is 0.522. The highest BCUT2D eigenvalue weighted by atomic mass is 32.1. The van der Waals surface area contributed by atoms with Gasteiger partial charge in [-0.1, -0.05) is 0 Å². The second-order valence-electron chi connectivity index (χ2n) is 7.18. The number of amides is 1. The van der Waals surface area contributed by atoms with Gasteiger partial charge in [0.05, 0.1) is 12.2 Å². The van der Waals surface area contributed by atoms with Gasteiger partial charge < -0.3 is 14.8 Å². The number of nitrogens with zero attached hydrogens (tertiary/aromatic N) is 2. The Kier molecular flexibility index (Phi) is 6.50. The Bertz CT molecular complexity index is 1160. The van der Waals surface area contributed by atoms with E-state index in [-0.39, 0.29) is 24.8 Å². The minimum absolute atomic E-state index is 0.106. The third-order valence-corrected chi connectivity index (χ3v) is 6.20. The van der Waals surface area contributed by atoms with Gasteiger partial charge >= 0.3 is 5.97 Å². The van der Waals surface area contributed by atoms with Gasteiger partial charge in [-0.25, -0.2) is 18.3 Å². The van der Waals surface area contributed by atoms with E-state index < -0.39 is 23.5 Å². The molecule has 0 aliphatic heterocycles. The first-order valence-corrected chi connectivity index (χ1v) is 11.0. The second kappa shape index (κ2) is 9.47. The number of carbonyl (C=O) groups is 2. The minimum Gasteiger partial charge on any atom is -0.468 e. The summed E-state index contributed by atoms with van der Waals surface area (Å²) < 4.78 is 38.5. The summed E-state index contributed by atoms with van der Waals surface area (Å²) in [5.74, 6) is -2.59. The lowest BCUT2D eigenvalue weighted by Crippen LogP contribution is -2.17. The maximum absolute atomic E-state index is 13.7. The van der Waals surface area contributed by atoms with E-state index in [4.69, 9.17) is 9.47 Å². The molecule has 0 bridgehead atoms.